The van der Waals surface area contributed by atoms with Crippen molar-refractivity contribution in [1.29, 1.82) is 0 Å². The third-order valence-corrected chi connectivity index (χ3v) is 6.77. The number of carbonyl (C=O) groups is 2. The Bertz CT molecular complexity index is 825. The lowest BCUT2D eigenvalue weighted by Gasteiger charge is -2.49. The third-order valence-electron chi connectivity index (χ3n) is 5.85. The van der Waals surface area contributed by atoms with Crippen LogP contribution < -0.4 is 0 Å². The molecule has 2 aliphatic heterocycles. The van der Waals surface area contributed by atoms with Crippen LogP contribution in [0.2, 0.25) is 0 Å². The Labute approximate surface area is 208 Å². The predicted octanol–water partition coefficient (Wildman–Crippen LogP) is 4.04. The molecule has 2 aliphatic rings. The summed E-state index contributed by atoms with van der Waals surface area (Å²) in [4.78, 5) is 28.7. The van der Waals surface area contributed by atoms with Crippen LogP contribution in [0.15, 0.2) is 5.51 Å². The third kappa shape index (κ3) is 10.2. The van der Waals surface area contributed by atoms with Gasteiger partial charge in [0.1, 0.15) is 0 Å². The first-order valence-corrected chi connectivity index (χ1v) is 11.9. The Kier molecular flexibility index (Phi) is 12.1. The van der Waals surface area contributed by atoms with E-state index in [2.05, 4.69) is 42.6 Å². The number of nitrogens with zero attached hydrogens (tertiary/aromatic N) is 3. The molecule has 0 radical (unpaired) electrons. The number of aromatic nitrogens is 1. The molecule has 36 heavy (non-hydrogen) atoms. The van der Waals surface area contributed by atoms with Gasteiger partial charge in [0.15, 0.2) is 0 Å². The number of piperidine rings is 1. The highest BCUT2D eigenvalue weighted by atomic mass is 32.1. The number of rotatable bonds is 4. The summed E-state index contributed by atoms with van der Waals surface area (Å²) >= 11 is 1.79. The molecule has 0 aromatic carbocycles. The maximum absolute atomic E-state index is 10.6. The molecule has 0 aliphatic carbocycles. The van der Waals surface area contributed by atoms with Crippen molar-refractivity contribution < 1.29 is 50.9 Å². The van der Waals surface area contributed by atoms with Crippen molar-refractivity contribution in [3.8, 4) is 0 Å². The lowest BCUT2D eigenvalue weighted by molar-refractivity contribution is -0.193. The highest BCUT2D eigenvalue weighted by molar-refractivity contribution is 7.09. The van der Waals surface area contributed by atoms with Gasteiger partial charge < -0.3 is 14.9 Å². The number of likely N-dealkylation sites (N-methyl/N-ethyl adjacent to an activating group) is 1. The monoisotopic (exact) mass is 551 g/mol. The van der Waals surface area contributed by atoms with E-state index >= 15 is 0 Å². The van der Waals surface area contributed by atoms with Crippen LogP contribution in [0.1, 0.15) is 37.3 Å². The minimum Gasteiger partial charge on any atom is -0.475 e. The number of hydrogen-bond donors (Lipinski definition) is 2. The molecular weight excluding hydrogens is 520 g/mol. The fourth-order valence-electron chi connectivity index (χ4n) is 3.81. The Balaban J connectivity index is 0.000000383. The Hall–Kier alpha value is -1.97. The van der Waals surface area contributed by atoms with Gasteiger partial charge in [-0.2, -0.15) is 26.3 Å². The van der Waals surface area contributed by atoms with Crippen LogP contribution in [0, 0.1) is 12.8 Å². The molecule has 0 saturated carbocycles. The van der Waals surface area contributed by atoms with Crippen molar-refractivity contribution in [3.05, 3.63) is 16.1 Å². The van der Waals surface area contributed by atoms with E-state index in [4.69, 9.17) is 24.5 Å². The number of ether oxygens (including phenoxy) is 1. The lowest BCUT2D eigenvalue weighted by Crippen LogP contribution is -2.61. The fraction of sp³-hybridized carbons (Fsp3) is 0.762. The van der Waals surface area contributed by atoms with Crippen LogP contribution in [0.3, 0.4) is 0 Å². The maximum Gasteiger partial charge on any atom is 0.490 e. The average Bonchev–Trinajstić information content (AvgIpc) is 3.16. The number of alkyl halides is 6. The average molecular weight is 552 g/mol. The molecule has 0 amide bonds. The SMILES string of the molecule is Cc1ncsc1CN1C[C@@H]2CCCO[C@@H]2[C@H](N(C)C(C)C)C1.O=C(O)C(F)(F)F.O=C(O)C(F)(F)F. The molecule has 0 unspecified atom stereocenters. The molecule has 3 rings (SSSR count). The molecule has 8 nitrogen and oxygen atoms in total. The van der Waals surface area contributed by atoms with Crippen molar-refractivity contribution in [2.45, 2.75) is 70.7 Å². The highest BCUT2D eigenvalue weighted by Gasteiger charge is 2.42. The molecule has 1 aromatic heterocycles. The number of fused-ring (bicyclic) bond motifs is 1. The summed E-state index contributed by atoms with van der Waals surface area (Å²) in [6.45, 7) is 11.0. The normalized spacial score (nSPS) is 22.7. The molecule has 2 fully saturated rings. The van der Waals surface area contributed by atoms with Crippen molar-refractivity contribution >= 4 is 23.3 Å². The number of thiazole rings is 1. The second-order valence-corrected chi connectivity index (χ2v) is 9.66. The van der Waals surface area contributed by atoms with Gasteiger partial charge in [0.2, 0.25) is 0 Å². The second kappa shape index (κ2) is 13.5. The first-order chi connectivity index (χ1) is 16.4. The summed E-state index contributed by atoms with van der Waals surface area (Å²) in [5.41, 5.74) is 3.17. The molecular formula is C21H31F6N3O5S. The first-order valence-electron chi connectivity index (χ1n) is 11.0. The van der Waals surface area contributed by atoms with E-state index in [1.165, 1.54) is 30.0 Å². The number of hydrogen-bond acceptors (Lipinski definition) is 7. The standard InChI is InChI=1S/C17H29N3OS.2C2HF3O2/c1-12(2)19(4)15-9-20(10-16-13(3)18-11-22-16)8-14-6-5-7-21-17(14)15;2*3-2(4,5)1(6)7/h11-12,14-15,17H,5-10H2,1-4H3;2*(H,6,7)/t14-,15+,17-;;/m0../s1. The quantitative estimate of drug-likeness (QED) is 0.541. The van der Waals surface area contributed by atoms with Crippen LogP contribution in [0.5, 0.6) is 0 Å². The highest BCUT2D eigenvalue weighted by Crippen LogP contribution is 2.32. The molecule has 208 valence electrons. The van der Waals surface area contributed by atoms with Crippen LogP contribution in [0.4, 0.5) is 26.3 Å². The van der Waals surface area contributed by atoms with Crippen LogP contribution >= 0.6 is 11.3 Å². The molecule has 0 bridgehead atoms. The number of likely N-dealkylation sites (tertiary alicyclic amines) is 1. The number of carboxylic acids is 2. The first kappa shape index (κ1) is 32.1. The minimum absolute atomic E-state index is 0.417. The largest absolute Gasteiger partial charge is 0.490 e. The Morgan fingerprint density at radius 3 is 2.11 bits per heavy atom. The fourth-order valence-corrected chi connectivity index (χ4v) is 4.63. The van der Waals surface area contributed by atoms with Crippen molar-refractivity contribution in [1.82, 2.24) is 14.8 Å². The van der Waals surface area contributed by atoms with E-state index in [1.54, 1.807) is 11.3 Å². The van der Waals surface area contributed by atoms with Gasteiger partial charge in [0.25, 0.3) is 0 Å². The van der Waals surface area contributed by atoms with Crippen molar-refractivity contribution in [2.24, 2.45) is 5.92 Å². The van der Waals surface area contributed by atoms with Gasteiger partial charge in [-0.25, -0.2) is 14.6 Å². The van der Waals surface area contributed by atoms with Crippen LogP contribution in [-0.2, 0) is 20.9 Å². The van der Waals surface area contributed by atoms with Gasteiger partial charge in [-0.3, -0.25) is 9.80 Å². The zero-order valence-corrected chi connectivity index (χ0v) is 21.1. The van der Waals surface area contributed by atoms with Crippen LogP contribution in [-0.4, -0.2) is 94.2 Å². The molecule has 1 aromatic rings. The summed E-state index contributed by atoms with van der Waals surface area (Å²) in [5, 5.41) is 14.2. The molecule has 15 heteroatoms. The molecule has 3 atom stereocenters. The molecule has 3 heterocycles. The topological polar surface area (TPSA) is 103 Å². The summed E-state index contributed by atoms with van der Waals surface area (Å²) in [6.07, 6.45) is -7.22. The summed E-state index contributed by atoms with van der Waals surface area (Å²) < 4.78 is 69.7. The van der Waals surface area contributed by atoms with E-state index in [9.17, 15) is 26.3 Å². The van der Waals surface area contributed by atoms with Gasteiger partial charge in [-0.1, -0.05) is 0 Å². The van der Waals surface area contributed by atoms with Crippen molar-refractivity contribution in [3.63, 3.8) is 0 Å². The van der Waals surface area contributed by atoms with Crippen molar-refractivity contribution in [2.75, 3.05) is 26.7 Å². The van der Waals surface area contributed by atoms with E-state index in [-0.39, 0.29) is 0 Å². The molecule has 2 saturated heterocycles. The molecule has 2 N–H and O–H groups in total. The van der Waals surface area contributed by atoms with Gasteiger partial charge in [0.05, 0.1) is 17.3 Å². The van der Waals surface area contributed by atoms with Crippen LogP contribution in [0.25, 0.3) is 0 Å². The second-order valence-electron chi connectivity index (χ2n) is 8.73. The van der Waals surface area contributed by atoms with E-state index in [1.807, 2.05) is 5.51 Å². The predicted molar refractivity (Wildman–Crippen MR) is 119 cm³/mol. The Morgan fingerprint density at radius 1 is 1.17 bits per heavy atom. The zero-order valence-electron chi connectivity index (χ0n) is 20.3. The van der Waals surface area contributed by atoms with E-state index < -0.39 is 24.3 Å². The van der Waals surface area contributed by atoms with Gasteiger partial charge in [-0.15, -0.1) is 11.3 Å². The van der Waals surface area contributed by atoms with Gasteiger partial charge in [0, 0.05) is 43.2 Å². The zero-order chi connectivity index (χ0) is 27.8. The lowest BCUT2D eigenvalue weighted by atomic mass is 9.84. The van der Waals surface area contributed by atoms with Gasteiger partial charge in [-0.05, 0) is 46.6 Å². The smallest absolute Gasteiger partial charge is 0.475 e. The maximum atomic E-state index is 10.6. The summed E-state index contributed by atoms with van der Waals surface area (Å²) in [6, 6.07) is 1.06. The number of aryl methyl sites for hydroxylation is 1. The summed E-state index contributed by atoms with van der Waals surface area (Å²) in [5.74, 6) is -4.83. The molecule has 0 spiro atoms. The summed E-state index contributed by atoms with van der Waals surface area (Å²) in [7, 11) is 2.26. The number of carboxylic acid groups (broad SMARTS) is 2. The number of halogens is 6. The Morgan fingerprint density at radius 2 is 1.69 bits per heavy atom. The minimum atomic E-state index is -5.08. The van der Waals surface area contributed by atoms with E-state index in [0.29, 0.717) is 24.1 Å². The number of aliphatic carboxylic acids is 2. The van der Waals surface area contributed by atoms with E-state index in [0.717, 1.165) is 19.7 Å². The van der Waals surface area contributed by atoms with Gasteiger partial charge >= 0.3 is 24.3 Å².